The zero-order valence-corrected chi connectivity index (χ0v) is 15.1. The fourth-order valence-electron chi connectivity index (χ4n) is 4.86. The Bertz CT molecular complexity index is 971. The van der Waals surface area contributed by atoms with Crippen molar-refractivity contribution in [3.63, 3.8) is 0 Å². The molecule has 3 aliphatic rings. The van der Waals surface area contributed by atoms with Crippen molar-refractivity contribution in [3.8, 4) is 12.1 Å². The van der Waals surface area contributed by atoms with Gasteiger partial charge < -0.3 is 9.80 Å². The minimum Gasteiger partial charge on any atom is -0.355 e. The quantitative estimate of drug-likeness (QED) is 0.821. The van der Waals surface area contributed by atoms with Crippen molar-refractivity contribution in [2.24, 2.45) is 11.8 Å². The van der Waals surface area contributed by atoms with E-state index in [0.717, 1.165) is 57.1 Å². The Labute approximate surface area is 158 Å². The molecule has 2 saturated heterocycles. The maximum Gasteiger partial charge on any atom is 0.146 e. The molecule has 0 bridgehead atoms. The molecule has 5 rings (SSSR count). The lowest BCUT2D eigenvalue weighted by atomic mass is 10.0. The average molecular weight is 356 g/mol. The summed E-state index contributed by atoms with van der Waals surface area (Å²) < 4.78 is 0. The molecule has 27 heavy (non-hydrogen) atoms. The van der Waals surface area contributed by atoms with Gasteiger partial charge in [0.1, 0.15) is 23.8 Å². The molecule has 2 aromatic heterocycles. The van der Waals surface area contributed by atoms with Crippen molar-refractivity contribution in [2.45, 2.75) is 19.3 Å². The molecule has 6 heteroatoms. The van der Waals surface area contributed by atoms with Gasteiger partial charge in [-0.1, -0.05) is 0 Å². The van der Waals surface area contributed by atoms with Gasteiger partial charge in [-0.3, -0.25) is 0 Å². The van der Waals surface area contributed by atoms with Crippen LogP contribution < -0.4 is 9.80 Å². The minimum atomic E-state index is 0.514. The summed E-state index contributed by atoms with van der Waals surface area (Å²) in [5, 5.41) is 18.9. The molecule has 0 N–H and O–H groups in total. The average Bonchev–Trinajstić information content (AvgIpc) is 3.40. The fourth-order valence-corrected chi connectivity index (χ4v) is 4.86. The molecule has 0 saturated carbocycles. The summed E-state index contributed by atoms with van der Waals surface area (Å²) in [4.78, 5) is 13.9. The third-order valence-corrected chi connectivity index (χ3v) is 6.14. The van der Waals surface area contributed by atoms with E-state index in [-0.39, 0.29) is 0 Å². The van der Waals surface area contributed by atoms with Crippen molar-refractivity contribution in [1.82, 2.24) is 9.97 Å². The van der Waals surface area contributed by atoms with Crippen molar-refractivity contribution in [3.05, 3.63) is 46.8 Å². The molecular formula is C21H20N6. The zero-order valence-electron chi connectivity index (χ0n) is 15.1. The number of anilines is 2. The molecule has 0 radical (unpaired) electrons. The van der Waals surface area contributed by atoms with Crippen LogP contribution in [0.2, 0.25) is 0 Å². The summed E-state index contributed by atoms with van der Waals surface area (Å²) in [6.45, 7) is 3.63. The van der Waals surface area contributed by atoms with Crippen LogP contribution in [0.4, 0.5) is 11.6 Å². The van der Waals surface area contributed by atoms with Crippen LogP contribution in [0.5, 0.6) is 0 Å². The predicted octanol–water partition coefficient (Wildman–Crippen LogP) is 2.28. The molecule has 2 aliphatic heterocycles. The van der Waals surface area contributed by atoms with Crippen molar-refractivity contribution < 1.29 is 0 Å². The molecule has 6 nitrogen and oxygen atoms in total. The molecule has 0 amide bonds. The monoisotopic (exact) mass is 356 g/mol. The Balaban J connectivity index is 1.36. The maximum atomic E-state index is 9.60. The Kier molecular flexibility index (Phi) is 3.72. The number of nitrogens with zero attached hydrogens (tertiary/aromatic N) is 6. The lowest BCUT2D eigenvalue weighted by Gasteiger charge is -2.24. The molecule has 0 spiro atoms. The number of hydrogen-bond acceptors (Lipinski definition) is 6. The largest absolute Gasteiger partial charge is 0.355 e. The van der Waals surface area contributed by atoms with Crippen LogP contribution in [0.15, 0.2) is 24.4 Å². The van der Waals surface area contributed by atoms with Crippen LogP contribution in [-0.2, 0) is 12.8 Å². The van der Waals surface area contributed by atoms with Gasteiger partial charge in [-0.2, -0.15) is 10.5 Å². The molecule has 0 aromatic carbocycles. The summed E-state index contributed by atoms with van der Waals surface area (Å²) >= 11 is 0. The first-order valence-corrected chi connectivity index (χ1v) is 9.54. The van der Waals surface area contributed by atoms with E-state index in [0.29, 0.717) is 23.0 Å². The Morgan fingerprint density at radius 2 is 1.63 bits per heavy atom. The SMILES string of the molecule is N#Cc1cccnc1N1CC2CN(c3nc4c(cc3C#N)CCC4)CC2C1. The molecule has 1 aliphatic carbocycles. The normalized spacial score (nSPS) is 23.0. The molecule has 2 fully saturated rings. The van der Waals surface area contributed by atoms with Gasteiger partial charge in [-0.25, -0.2) is 9.97 Å². The van der Waals surface area contributed by atoms with Gasteiger partial charge in [0.05, 0.1) is 11.1 Å². The highest BCUT2D eigenvalue weighted by Gasteiger charge is 2.42. The van der Waals surface area contributed by atoms with E-state index in [2.05, 4.69) is 33.0 Å². The third kappa shape index (κ3) is 2.61. The van der Waals surface area contributed by atoms with Gasteiger partial charge in [0.2, 0.25) is 0 Å². The number of rotatable bonds is 2. The molecule has 2 unspecified atom stereocenters. The number of nitriles is 2. The fraction of sp³-hybridized carbons (Fsp3) is 0.429. The van der Waals surface area contributed by atoms with E-state index in [9.17, 15) is 10.5 Å². The van der Waals surface area contributed by atoms with Gasteiger partial charge >= 0.3 is 0 Å². The van der Waals surface area contributed by atoms with Crippen LogP contribution in [0.1, 0.15) is 28.8 Å². The first-order valence-electron chi connectivity index (χ1n) is 9.54. The Morgan fingerprint density at radius 1 is 0.926 bits per heavy atom. The first kappa shape index (κ1) is 16.1. The standard InChI is InChI=1S/C21H20N6/c22-8-15-4-2-6-24-20(15)26-10-17-12-27(13-18(17)11-26)21-16(9-23)7-14-3-1-5-19(14)25-21/h2,4,6-7,17-18H,1,3,5,10-13H2. The number of fused-ring (bicyclic) bond motifs is 2. The molecule has 2 atom stereocenters. The van der Waals surface area contributed by atoms with Crippen LogP contribution in [-0.4, -0.2) is 36.1 Å². The van der Waals surface area contributed by atoms with Crippen LogP contribution in [0.3, 0.4) is 0 Å². The highest BCUT2D eigenvalue weighted by atomic mass is 15.3. The van der Waals surface area contributed by atoms with E-state index in [1.54, 1.807) is 6.20 Å². The highest BCUT2D eigenvalue weighted by Crippen LogP contribution is 2.37. The Morgan fingerprint density at radius 3 is 2.33 bits per heavy atom. The van der Waals surface area contributed by atoms with Gasteiger partial charge in [0.25, 0.3) is 0 Å². The second kappa shape index (κ2) is 6.25. The molecule has 4 heterocycles. The van der Waals surface area contributed by atoms with E-state index in [4.69, 9.17) is 4.98 Å². The topological polar surface area (TPSA) is 79.8 Å². The van der Waals surface area contributed by atoms with Crippen LogP contribution >= 0.6 is 0 Å². The van der Waals surface area contributed by atoms with Crippen molar-refractivity contribution in [1.29, 1.82) is 10.5 Å². The number of pyridine rings is 2. The first-order chi connectivity index (χ1) is 13.3. The van der Waals surface area contributed by atoms with E-state index < -0.39 is 0 Å². The summed E-state index contributed by atoms with van der Waals surface area (Å²) in [5.41, 5.74) is 3.78. The van der Waals surface area contributed by atoms with Gasteiger partial charge in [0.15, 0.2) is 0 Å². The van der Waals surface area contributed by atoms with E-state index in [1.165, 1.54) is 11.3 Å². The number of aryl methyl sites for hydroxylation is 2. The van der Waals surface area contributed by atoms with Gasteiger partial charge in [-0.05, 0) is 43.0 Å². The van der Waals surface area contributed by atoms with Crippen LogP contribution in [0, 0.1) is 34.5 Å². The van der Waals surface area contributed by atoms with Crippen LogP contribution in [0.25, 0.3) is 0 Å². The van der Waals surface area contributed by atoms with E-state index in [1.807, 2.05) is 12.1 Å². The number of hydrogen-bond donors (Lipinski definition) is 0. The van der Waals surface area contributed by atoms with E-state index >= 15 is 0 Å². The van der Waals surface area contributed by atoms with Crippen molar-refractivity contribution >= 4 is 11.6 Å². The van der Waals surface area contributed by atoms with Gasteiger partial charge in [-0.15, -0.1) is 0 Å². The van der Waals surface area contributed by atoms with Crippen molar-refractivity contribution in [2.75, 3.05) is 36.0 Å². The summed E-state index contributed by atoms with van der Waals surface area (Å²) in [6, 6.07) is 10.3. The maximum absolute atomic E-state index is 9.60. The molecular weight excluding hydrogens is 336 g/mol. The molecule has 2 aromatic rings. The zero-order chi connectivity index (χ0) is 18.4. The minimum absolute atomic E-state index is 0.514. The third-order valence-electron chi connectivity index (χ3n) is 6.14. The smallest absolute Gasteiger partial charge is 0.146 e. The highest BCUT2D eigenvalue weighted by molar-refractivity contribution is 5.59. The Hall–Kier alpha value is -3.12. The summed E-state index contributed by atoms with van der Waals surface area (Å²) in [7, 11) is 0. The second-order valence-corrected chi connectivity index (χ2v) is 7.75. The second-order valence-electron chi connectivity index (χ2n) is 7.75. The summed E-state index contributed by atoms with van der Waals surface area (Å²) in [5.74, 6) is 2.70. The molecule has 134 valence electrons. The predicted molar refractivity (Wildman–Crippen MR) is 101 cm³/mol. The lowest BCUT2D eigenvalue weighted by Crippen LogP contribution is -2.30. The van der Waals surface area contributed by atoms with Gasteiger partial charge in [0, 0.05) is 49.9 Å². The summed E-state index contributed by atoms with van der Waals surface area (Å²) in [6.07, 6.45) is 4.97. The number of aromatic nitrogens is 2. The lowest BCUT2D eigenvalue weighted by molar-refractivity contribution is 0.533.